The molecular formula is C20H25ClFN3O2. The first-order valence-corrected chi connectivity index (χ1v) is 9.80. The lowest BCUT2D eigenvalue weighted by molar-refractivity contribution is -0.122. The highest BCUT2D eigenvalue weighted by Gasteiger charge is 2.33. The van der Waals surface area contributed by atoms with Crippen molar-refractivity contribution in [3.63, 3.8) is 0 Å². The van der Waals surface area contributed by atoms with Gasteiger partial charge in [0.25, 0.3) is 6.47 Å². The van der Waals surface area contributed by atoms with Crippen LogP contribution < -0.4 is 0 Å². The molecule has 2 aromatic rings. The van der Waals surface area contributed by atoms with Crippen LogP contribution in [0.1, 0.15) is 32.1 Å². The van der Waals surface area contributed by atoms with E-state index in [1.807, 2.05) is 6.20 Å². The molecule has 2 aliphatic heterocycles. The van der Waals surface area contributed by atoms with Crippen molar-refractivity contribution in [2.45, 2.75) is 44.7 Å². The highest BCUT2D eigenvalue weighted by atomic mass is 35.5. The van der Waals surface area contributed by atoms with Gasteiger partial charge in [0, 0.05) is 30.0 Å². The van der Waals surface area contributed by atoms with Crippen molar-refractivity contribution in [3.8, 4) is 11.4 Å². The zero-order valence-electron chi connectivity index (χ0n) is 15.2. The number of hydrogen-bond acceptors (Lipinski definition) is 3. The molecule has 4 rings (SSSR count). The standard InChI is InChI=1S/C19H23ClFN3.CH2O2/c20-15-6-7-17(21)16(12-15)19-22-8-11-24(19)13-14-4-3-10-23-9-2-1-5-18(14)23;2-1-3/h6-8,11-12,14,18H,1-5,9-10,13H2;1H,(H,2,3)/t14-,18+;/m0./s1. The fraction of sp³-hybridized carbons (Fsp3) is 0.500. The topological polar surface area (TPSA) is 58.4 Å². The zero-order chi connectivity index (χ0) is 19.2. The number of fused-ring (bicyclic) bond motifs is 1. The van der Waals surface area contributed by atoms with Crippen LogP contribution in [0.5, 0.6) is 0 Å². The summed E-state index contributed by atoms with van der Waals surface area (Å²) in [4.78, 5) is 15.4. The Hall–Kier alpha value is -1.92. The van der Waals surface area contributed by atoms with Crippen LogP contribution in [0.25, 0.3) is 11.4 Å². The number of aromatic nitrogens is 2. The molecule has 0 bridgehead atoms. The Morgan fingerprint density at radius 2 is 2.04 bits per heavy atom. The summed E-state index contributed by atoms with van der Waals surface area (Å²) in [5, 5.41) is 7.43. The number of nitrogens with zero attached hydrogens (tertiary/aromatic N) is 3. The first kappa shape index (κ1) is 19.8. The molecule has 7 heteroatoms. The SMILES string of the molecule is Fc1ccc(Cl)cc1-c1nccn1C[C@@H]1CCCN2CCCC[C@H]12.O=CO. The van der Waals surface area contributed by atoms with E-state index in [0.29, 0.717) is 28.4 Å². The molecule has 1 aromatic carbocycles. The van der Waals surface area contributed by atoms with Gasteiger partial charge >= 0.3 is 0 Å². The lowest BCUT2D eigenvalue weighted by atomic mass is 9.83. The lowest BCUT2D eigenvalue weighted by Crippen LogP contribution is -2.49. The molecule has 0 saturated carbocycles. The average molecular weight is 394 g/mol. The van der Waals surface area contributed by atoms with E-state index < -0.39 is 0 Å². The summed E-state index contributed by atoms with van der Waals surface area (Å²) >= 11 is 6.06. The minimum atomic E-state index is -0.269. The Kier molecular flexibility index (Phi) is 6.85. The molecule has 1 aromatic heterocycles. The Balaban J connectivity index is 0.000000659. The summed E-state index contributed by atoms with van der Waals surface area (Å²) in [7, 11) is 0. The van der Waals surface area contributed by atoms with Gasteiger partial charge in [-0.15, -0.1) is 0 Å². The number of hydrogen-bond donors (Lipinski definition) is 1. The molecule has 2 fully saturated rings. The summed E-state index contributed by atoms with van der Waals surface area (Å²) in [6.07, 6.45) is 10.2. The van der Waals surface area contributed by atoms with Crippen LogP contribution in [0.3, 0.4) is 0 Å². The monoisotopic (exact) mass is 393 g/mol. The van der Waals surface area contributed by atoms with E-state index in [1.165, 1.54) is 51.3 Å². The van der Waals surface area contributed by atoms with E-state index in [9.17, 15) is 4.39 Å². The summed E-state index contributed by atoms with van der Waals surface area (Å²) in [6, 6.07) is 5.34. The third-order valence-corrected chi connectivity index (χ3v) is 5.78. The minimum Gasteiger partial charge on any atom is -0.483 e. The predicted octanol–water partition coefficient (Wildman–Crippen LogP) is 4.31. The molecule has 0 unspecified atom stereocenters. The first-order valence-electron chi connectivity index (χ1n) is 9.42. The average Bonchev–Trinajstić information content (AvgIpc) is 3.13. The molecular weight excluding hydrogens is 369 g/mol. The van der Waals surface area contributed by atoms with Crippen molar-refractivity contribution < 1.29 is 14.3 Å². The van der Waals surface area contributed by atoms with Gasteiger partial charge < -0.3 is 14.6 Å². The second-order valence-electron chi connectivity index (χ2n) is 7.13. The van der Waals surface area contributed by atoms with Crippen LogP contribution in [0.2, 0.25) is 5.02 Å². The van der Waals surface area contributed by atoms with Crippen molar-refractivity contribution in [1.29, 1.82) is 0 Å². The molecule has 27 heavy (non-hydrogen) atoms. The highest BCUT2D eigenvalue weighted by molar-refractivity contribution is 6.30. The quantitative estimate of drug-likeness (QED) is 0.789. The molecule has 2 atom stereocenters. The van der Waals surface area contributed by atoms with E-state index in [2.05, 4.69) is 14.5 Å². The normalized spacial score (nSPS) is 22.4. The third-order valence-electron chi connectivity index (χ3n) is 5.54. The molecule has 3 heterocycles. The zero-order valence-corrected chi connectivity index (χ0v) is 16.0. The van der Waals surface area contributed by atoms with Crippen LogP contribution in [0.4, 0.5) is 4.39 Å². The molecule has 0 radical (unpaired) electrons. The molecule has 0 aliphatic carbocycles. The van der Waals surface area contributed by atoms with Crippen LogP contribution in [0.15, 0.2) is 30.6 Å². The molecule has 2 aliphatic rings. The Labute approximate surface area is 163 Å². The van der Waals surface area contributed by atoms with Crippen molar-refractivity contribution in [2.75, 3.05) is 13.1 Å². The maximum absolute atomic E-state index is 14.2. The summed E-state index contributed by atoms with van der Waals surface area (Å²) in [5.74, 6) is 1.03. The highest BCUT2D eigenvalue weighted by Crippen LogP contribution is 2.33. The van der Waals surface area contributed by atoms with Gasteiger partial charge in [-0.05, 0) is 62.9 Å². The van der Waals surface area contributed by atoms with Gasteiger partial charge in [-0.25, -0.2) is 9.37 Å². The fourth-order valence-electron chi connectivity index (χ4n) is 4.41. The van der Waals surface area contributed by atoms with Crippen LogP contribution in [-0.4, -0.2) is 45.2 Å². The largest absolute Gasteiger partial charge is 0.483 e. The number of benzene rings is 1. The summed E-state index contributed by atoms with van der Waals surface area (Å²) in [5.41, 5.74) is 0.490. The van der Waals surface area contributed by atoms with Gasteiger partial charge in [0.2, 0.25) is 0 Å². The Morgan fingerprint density at radius 3 is 2.85 bits per heavy atom. The second-order valence-corrected chi connectivity index (χ2v) is 7.57. The third kappa shape index (κ3) is 4.68. The van der Waals surface area contributed by atoms with Crippen molar-refractivity contribution in [1.82, 2.24) is 14.5 Å². The summed E-state index contributed by atoms with van der Waals surface area (Å²) < 4.78 is 16.3. The van der Waals surface area contributed by atoms with Gasteiger partial charge in [0.05, 0.1) is 5.56 Å². The van der Waals surface area contributed by atoms with Gasteiger partial charge in [-0.3, -0.25) is 4.79 Å². The van der Waals surface area contributed by atoms with Crippen LogP contribution in [0, 0.1) is 11.7 Å². The number of carbonyl (C=O) groups is 1. The van der Waals surface area contributed by atoms with E-state index in [4.69, 9.17) is 21.5 Å². The Bertz CT molecular complexity index is 765. The smallest absolute Gasteiger partial charge is 0.290 e. The number of piperidine rings is 2. The lowest BCUT2D eigenvalue weighted by Gasteiger charge is -2.44. The Morgan fingerprint density at radius 1 is 1.26 bits per heavy atom. The number of halogens is 2. The molecule has 1 N–H and O–H groups in total. The molecule has 5 nitrogen and oxygen atoms in total. The number of carboxylic acid groups (broad SMARTS) is 1. The fourth-order valence-corrected chi connectivity index (χ4v) is 4.58. The number of imidazole rings is 1. The van der Waals surface area contributed by atoms with E-state index in [-0.39, 0.29) is 12.3 Å². The number of rotatable bonds is 3. The van der Waals surface area contributed by atoms with Gasteiger partial charge in [-0.2, -0.15) is 0 Å². The maximum atomic E-state index is 14.2. The second kappa shape index (κ2) is 9.33. The molecule has 146 valence electrons. The minimum absolute atomic E-state index is 0.250. The first-order chi connectivity index (χ1) is 13.1. The van der Waals surface area contributed by atoms with Gasteiger partial charge in [-0.1, -0.05) is 18.0 Å². The predicted molar refractivity (Wildman–Crippen MR) is 103 cm³/mol. The molecule has 0 spiro atoms. The van der Waals surface area contributed by atoms with E-state index in [0.717, 1.165) is 6.54 Å². The van der Waals surface area contributed by atoms with Crippen molar-refractivity contribution >= 4 is 18.1 Å². The van der Waals surface area contributed by atoms with E-state index >= 15 is 0 Å². The molecule has 0 amide bonds. The van der Waals surface area contributed by atoms with Gasteiger partial charge in [0.1, 0.15) is 11.6 Å². The van der Waals surface area contributed by atoms with Gasteiger partial charge in [0.15, 0.2) is 0 Å². The van der Waals surface area contributed by atoms with Crippen molar-refractivity contribution in [3.05, 3.63) is 41.4 Å². The summed E-state index contributed by atoms with van der Waals surface area (Å²) in [6.45, 7) is 3.13. The van der Waals surface area contributed by atoms with Crippen LogP contribution >= 0.6 is 11.6 Å². The maximum Gasteiger partial charge on any atom is 0.290 e. The van der Waals surface area contributed by atoms with Crippen LogP contribution in [-0.2, 0) is 11.3 Å². The molecule has 2 saturated heterocycles. The van der Waals surface area contributed by atoms with Crippen molar-refractivity contribution in [2.24, 2.45) is 5.92 Å². The van der Waals surface area contributed by atoms with E-state index in [1.54, 1.807) is 18.3 Å².